The summed E-state index contributed by atoms with van der Waals surface area (Å²) in [5, 5.41) is 3.20. The summed E-state index contributed by atoms with van der Waals surface area (Å²) in [6, 6.07) is 26.6. The summed E-state index contributed by atoms with van der Waals surface area (Å²) in [6.45, 7) is 4.62. The van der Waals surface area contributed by atoms with E-state index in [-0.39, 0.29) is 12.1 Å². The Morgan fingerprint density at radius 1 is 0.912 bits per heavy atom. The molecule has 172 valence electrons. The molecule has 3 aromatic carbocycles. The SMILES string of the molecule is Cc1cccc(NC(=O)N2Cc3ccccc3-n3cccc3[C@@H]2c2ccc(N(C)C)cc2)c1C. The second kappa shape index (κ2) is 8.75. The molecule has 5 rings (SSSR count). The maximum Gasteiger partial charge on any atom is 0.322 e. The van der Waals surface area contributed by atoms with Gasteiger partial charge >= 0.3 is 6.03 Å². The van der Waals surface area contributed by atoms with Gasteiger partial charge in [0.2, 0.25) is 0 Å². The van der Waals surface area contributed by atoms with E-state index in [1.165, 1.54) is 0 Å². The zero-order valence-electron chi connectivity index (χ0n) is 20.1. The first-order chi connectivity index (χ1) is 16.4. The highest BCUT2D eigenvalue weighted by Gasteiger charge is 2.33. The van der Waals surface area contributed by atoms with Gasteiger partial charge in [0.1, 0.15) is 0 Å². The molecule has 1 aliphatic rings. The molecule has 34 heavy (non-hydrogen) atoms. The average Bonchev–Trinajstić information content (AvgIpc) is 3.26. The van der Waals surface area contributed by atoms with Crippen LogP contribution in [-0.2, 0) is 6.54 Å². The molecule has 1 aromatic heterocycles. The van der Waals surface area contributed by atoms with Crippen LogP contribution in [0.15, 0.2) is 85.1 Å². The van der Waals surface area contributed by atoms with Crippen LogP contribution in [0.25, 0.3) is 5.69 Å². The third-order valence-electron chi connectivity index (χ3n) is 6.80. The van der Waals surface area contributed by atoms with Crippen LogP contribution in [0.4, 0.5) is 16.2 Å². The predicted octanol–water partition coefficient (Wildman–Crippen LogP) is 6.30. The van der Waals surface area contributed by atoms with Gasteiger partial charge in [0.15, 0.2) is 0 Å². The maximum atomic E-state index is 13.9. The molecule has 5 nitrogen and oxygen atoms in total. The van der Waals surface area contributed by atoms with Crippen LogP contribution in [-0.4, -0.2) is 29.6 Å². The fourth-order valence-corrected chi connectivity index (χ4v) is 4.72. The fourth-order valence-electron chi connectivity index (χ4n) is 4.72. The molecule has 0 fully saturated rings. The standard InChI is InChI=1S/C29H30N4O/c1-20-9-7-11-25(21(20)2)30-29(34)33-19-23-10-5-6-12-26(23)32-18-8-13-27(32)28(33)22-14-16-24(17-15-22)31(3)4/h5-18,28H,19H2,1-4H3,(H,30,34)/t28-/m0/s1. The molecule has 1 atom stereocenters. The lowest BCUT2D eigenvalue weighted by Crippen LogP contribution is -2.38. The number of carbonyl (C=O) groups is 1. The minimum absolute atomic E-state index is 0.111. The van der Waals surface area contributed by atoms with Crippen LogP contribution in [0.5, 0.6) is 0 Å². The number of nitrogens with one attached hydrogen (secondary N) is 1. The monoisotopic (exact) mass is 450 g/mol. The molecular formula is C29H30N4O. The Kier molecular flexibility index (Phi) is 5.62. The van der Waals surface area contributed by atoms with Crippen LogP contribution >= 0.6 is 0 Å². The van der Waals surface area contributed by atoms with E-state index < -0.39 is 0 Å². The molecule has 0 unspecified atom stereocenters. The summed E-state index contributed by atoms with van der Waals surface area (Å²) < 4.78 is 2.21. The van der Waals surface area contributed by atoms with Crippen molar-refractivity contribution in [2.24, 2.45) is 0 Å². The summed E-state index contributed by atoms with van der Waals surface area (Å²) in [6.07, 6.45) is 2.08. The Labute approximate surface area is 201 Å². The number of carbonyl (C=O) groups excluding carboxylic acids is 1. The Bertz CT molecular complexity index is 1340. The highest BCUT2D eigenvalue weighted by Crippen LogP contribution is 2.37. The zero-order valence-corrected chi connectivity index (χ0v) is 20.1. The molecule has 1 aliphatic heterocycles. The number of rotatable bonds is 3. The Morgan fingerprint density at radius 2 is 1.68 bits per heavy atom. The van der Waals surface area contributed by atoms with Crippen molar-refractivity contribution in [3.8, 4) is 5.69 Å². The van der Waals surface area contributed by atoms with Crippen molar-refractivity contribution in [3.63, 3.8) is 0 Å². The molecule has 2 heterocycles. The lowest BCUT2D eigenvalue weighted by Gasteiger charge is -2.31. The topological polar surface area (TPSA) is 40.5 Å². The van der Waals surface area contributed by atoms with Crippen LogP contribution in [0.3, 0.4) is 0 Å². The fraction of sp³-hybridized carbons (Fsp3) is 0.207. The number of hydrogen-bond donors (Lipinski definition) is 1. The molecule has 0 spiro atoms. The van der Waals surface area contributed by atoms with E-state index in [0.717, 1.165) is 45.0 Å². The highest BCUT2D eigenvalue weighted by molar-refractivity contribution is 5.91. The van der Waals surface area contributed by atoms with Crippen LogP contribution < -0.4 is 10.2 Å². The number of amides is 2. The van der Waals surface area contributed by atoms with Crippen molar-refractivity contribution >= 4 is 17.4 Å². The number of nitrogens with zero attached hydrogens (tertiary/aromatic N) is 3. The number of fused-ring (bicyclic) bond motifs is 3. The van der Waals surface area contributed by atoms with Crippen molar-refractivity contribution in [2.75, 3.05) is 24.3 Å². The summed E-state index contributed by atoms with van der Waals surface area (Å²) >= 11 is 0. The van der Waals surface area contributed by atoms with Gasteiger partial charge < -0.3 is 19.7 Å². The number of urea groups is 1. The zero-order chi connectivity index (χ0) is 23.8. The largest absolute Gasteiger partial charge is 0.378 e. The van der Waals surface area contributed by atoms with E-state index in [1.54, 1.807) is 0 Å². The number of anilines is 2. The van der Waals surface area contributed by atoms with Gasteiger partial charge in [-0.3, -0.25) is 0 Å². The van der Waals surface area contributed by atoms with E-state index in [2.05, 4.69) is 88.6 Å². The van der Waals surface area contributed by atoms with Gasteiger partial charge in [-0.2, -0.15) is 0 Å². The summed E-state index contributed by atoms with van der Waals surface area (Å²) in [7, 11) is 4.07. The summed E-state index contributed by atoms with van der Waals surface area (Å²) in [5.74, 6) is 0. The van der Waals surface area contributed by atoms with Crippen molar-refractivity contribution < 1.29 is 4.79 Å². The van der Waals surface area contributed by atoms with E-state index in [9.17, 15) is 4.79 Å². The number of aryl methyl sites for hydroxylation is 1. The average molecular weight is 451 g/mol. The van der Waals surface area contributed by atoms with Gasteiger partial charge in [-0.05, 0) is 72.5 Å². The molecule has 5 heteroatoms. The first-order valence-corrected chi connectivity index (χ1v) is 11.6. The first-order valence-electron chi connectivity index (χ1n) is 11.6. The van der Waals surface area contributed by atoms with Gasteiger partial charge in [-0.25, -0.2) is 4.79 Å². The second-order valence-electron chi connectivity index (χ2n) is 9.13. The van der Waals surface area contributed by atoms with Crippen molar-refractivity contribution in [3.05, 3.63) is 113 Å². The van der Waals surface area contributed by atoms with E-state index in [4.69, 9.17) is 0 Å². The van der Waals surface area contributed by atoms with Gasteiger partial charge in [-0.15, -0.1) is 0 Å². The maximum absolute atomic E-state index is 13.9. The van der Waals surface area contributed by atoms with E-state index in [1.807, 2.05) is 44.1 Å². The minimum Gasteiger partial charge on any atom is -0.378 e. The Hall–Kier alpha value is -3.99. The van der Waals surface area contributed by atoms with Crippen LogP contribution in [0.2, 0.25) is 0 Å². The van der Waals surface area contributed by atoms with Gasteiger partial charge in [0.25, 0.3) is 0 Å². The molecular weight excluding hydrogens is 420 g/mol. The Morgan fingerprint density at radius 3 is 2.44 bits per heavy atom. The number of hydrogen-bond acceptors (Lipinski definition) is 2. The van der Waals surface area contributed by atoms with Crippen molar-refractivity contribution in [1.29, 1.82) is 0 Å². The second-order valence-corrected chi connectivity index (χ2v) is 9.13. The smallest absolute Gasteiger partial charge is 0.322 e. The lowest BCUT2D eigenvalue weighted by atomic mass is 10.0. The number of aromatic nitrogens is 1. The third kappa shape index (κ3) is 3.83. The predicted molar refractivity (Wildman–Crippen MR) is 139 cm³/mol. The number of para-hydroxylation sites is 1. The molecule has 2 amide bonds. The van der Waals surface area contributed by atoms with Crippen molar-refractivity contribution in [1.82, 2.24) is 9.47 Å². The van der Waals surface area contributed by atoms with Gasteiger partial charge in [-0.1, -0.05) is 42.5 Å². The van der Waals surface area contributed by atoms with E-state index >= 15 is 0 Å². The highest BCUT2D eigenvalue weighted by atomic mass is 16.2. The Balaban J connectivity index is 1.62. The molecule has 0 aliphatic carbocycles. The molecule has 1 N–H and O–H groups in total. The summed E-state index contributed by atoms with van der Waals surface area (Å²) in [5.41, 5.74) is 8.59. The third-order valence-corrected chi connectivity index (χ3v) is 6.80. The molecule has 4 aromatic rings. The normalized spacial score (nSPS) is 14.7. The molecule has 0 saturated carbocycles. The van der Waals surface area contributed by atoms with Crippen LogP contribution in [0.1, 0.15) is 34.0 Å². The molecule has 0 saturated heterocycles. The first kappa shape index (κ1) is 21.8. The van der Waals surface area contributed by atoms with Crippen LogP contribution in [0, 0.1) is 13.8 Å². The van der Waals surface area contributed by atoms with Gasteiger partial charge in [0, 0.05) is 37.4 Å². The molecule has 0 bridgehead atoms. The quantitative estimate of drug-likeness (QED) is 0.398. The number of benzene rings is 3. The molecule has 0 radical (unpaired) electrons. The van der Waals surface area contributed by atoms with E-state index in [0.29, 0.717) is 6.54 Å². The van der Waals surface area contributed by atoms with Gasteiger partial charge in [0.05, 0.1) is 18.3 Å². The minimum atomic E-state index is -0.233. The van der Waals surface area contributed by atoms with Crippen molar-refractivity contribution in [2.45, 2.75) is 26.4 Å². The summed E-state index contributed by atoms with van der Waals surface area (Å²) in [4.78, 5) is 17.9. The lowest BCUT2D eigenvalue weighted by molar-refractivity contribution is 0.194.